The van der Waals surface area contributed by atoms with Crippen LogP contribution < -0.4 is 10.6 Å². The highest BCUT2D eigenvalue weighted by atomic mass is 16.5. The molecule has 3 rings (SSSR count). The van der Waals surface area contributed by atoms with Crippen molar-refractivity contribution in [1.29, 1.82) is 0 Å². The third kappa shape index (κ3) is 3.94. The van der Waals surface area contributed by atoms with Crippen molar-refractivity contribution in [2.45, 2.75) is 25.6 Å². The Kier molecular flexibility index (Phi) is 5.00. The van der Waals surface area contributed by atoms with Gasteiger partial charge in [0.05, 0.1) is 12.7 Å². The number of aromatic nitrogens is 1. The van der Waals surface area contributed by atoms with E-state index in [0.717, 1.165) is 16.7 Å². The number of rotatable bonds is 4. The Hall–Kier alpha value is -2.24. The average molecular weight is 311 g/mol. The van der Waals surface area contributed by atoms with Crippen LogP contribution in [0.1, 0.15) is 12.5 Å². The minimum absolute atomic E-state index is 0.0199. The van der Waals surface area contributed by atoms with Crippen molar-refractivity contribution in [2.75, 3.05) is 13.2 Å². The molecular weight excluding hydrogens is 290 g/mol. The molecule has 1 aliphatic heterocycles. The van der Waals surface area contributed by atoms with Gasteiger partial charge in [0.15, 0.2) is 0 Å². The molecule has 1 aromatic heterocycles. The highest BCUT2D eigenvalue weighted by Crippen LogP contribution is 2.18. The fraction of sp³-hybridized carbons (Fsp3) is 0.333. The van der Waals surface area contributed by atoms with Crippen LogP contribution in [0.5, 0.6) is 0 Å². The lowest BCUT2D eigenvalue weighted by atomic mass is 10.1. The van der Waals surface area contributed by atoms with Crippen molar-refractivity contribution in [1.82, 2.24) is 15.6 Å². The van der Waals surface area contributed by atoms with Gasteiger partial charge in [-0.3, -0.25) is 9.78 Å². The van der Waals surface area contributed by atoms with Crippen LogP contribution in [-0.2, 0) is 16.1 Å². The van der Waals surface area contributed by atoms with Gasteiger partial charge < -0.3 is 15.4 Å². The molecule has 1 aliphatic rings. The molecule has 120 valence electrons. The Balaban J connectivity index is 1.57. The monoisotopic (exact) mass is 311 g/mol. The van der Waals surface area contributed by atoms with E-state index in [2.05, 4.69) is 15.6 Å². The fourth-order valence-electron chi connectivity index (χ4n) is 2.68. The van der Waals surface area contributed by atoms with E-state index in [0.29, 0.717) is 19.7 Å². The average Bonchev–Trinajstić information content (AvgIpc) is 2.61. The van der Waals surface area contributed by atoms with Crippen molar-refractivity contribution in [2.24, 2.45) is 0 Å². The molecule has 5 heteroatoms. The van der Waals surface area contributed by atoms with E-state index in [4.69, 9.17) is 4.74 Å². The molecule has 2 aromatic rings. The molecule has 23 heavy (non-hydrogen) atoms. The van der Waals surface area contributed by atoms with Crippen LogP contribution in [0, 0.1) is 0 Å². The maximum absolute atomic E-state index is 12.2. The Labute approximate surface area is 136 Å². The van der Waals surface area contributed by atoms with E-state index in [9.17, 15) is 4.79 Å². The van der Waals surface area contributed by atoms with Crippen LogP contribution in [0.2, 0.25) is 0 Å². The van der Waals surface area contributed by atoms with Crippen LogP contribution >= 0.6 is 0 Å². The van der Waals surface area contributed by atoms with E-state index >= 15 is 0 Å². The predicted octanol–water partition coefficient (Wildman–Crippen LogP) is 1.74. The van der Waals surface area contributed by atoms with Crippen LogP contribution in [0.3, 0.4) is 0 Å². The van der Waals surface area contributed by atoms with Crippen LogP contribution in [0.4, 0.5) is 0 Å². The first kappa shape index (κ1) is 15.6. The Bertz CT molecular complexity index is 643. The highest BCUT2D eigenvalue weighted by Gasteiger charge is 2.27. The molecule has 2 heterocycles. The molecule has 0 aliphatic carbocycles. The Morgan fingerprint density at radius 3 is 2.83 bits per heavy atom. The van der Waals surface area contributed by atoms with Crippen molar-refractivity contribution in [3.8, 4) is 11.1 Å². The lowest BCUT2D eigenvalue weighted by Gasteiger charge is -2.29. The summed E-state index contributed by atoms with van der Waals surface area (Å²) in [7, 11) is 0. The molecule has 2 atom stereocenters. The molecule has 0 bridgehead atoms. The number of amides is 1. The van der Waals surface area contributed by atoms with Gasteiger partial charge in [-0.1, -0.05) is 30.3 Å². The third-order valence-electron chi connectivity index (χ3n) is 4.01. The number of morpholine rings is 1. The van der Waals surface area contributed by atoms with Gasteiger partial charge in [-0.15, -0.1) is 0 Å². The predicted molar refractivity (Wildman–Crippen MR) is 88.7 cm³/mol. The molecule has 2 N–H and O–H groups in total. The lowest BCUT2D eigenvalue weighted by molar-refractivity contribution is -0.129. The van der Waals surface area contributed by atoms with Gasteiger partial charge in [0, 0.05) is 25.5 Å². The minimum Gasteiger partial charge on any atom is -0.375 e. The number of benzene rings is 1. The van der Waals surface area contributed by atoms with Crippen molar-refractivity contribution >= 4 is 5.91 Å². The normalized spacial score (nSPS) is 20.9. The number of carbonyl (C=O) groups excluding carboxylic acids is 1. The van der Waals surface area contributed by atoms with Crippen LogP contribution in [0.15, 0.2) is 48.8 Å². The van der Waals surface area contributed by atoms with Crippen molar-refractivity contribution in [3.63, 3.8) is 0 Å². The molecule has 0 saturated carbocycles. The van der Waals surface area contributed by atoms with Crippen molar-refractivity contribution < 1.29 is 9.53 Å². The van der Waals surface area contributed by atoms with Gasteiger partial charge in [-0.2, -0.15) is 0 Å². The Morgan fingerprint density at radius 2 is 2.13 bits per heavy atom. The number of pyridine rings is 1. The SMILES string of the molecule is C[C@H]1OCCN[C@@H]1C(=O)NCc1ccc(-c2cccnc2)cc1. The van der Waals surface area contributed by atoms with Crippen molar-refractivity contribution in [3.05, 3.63) is 54.4 Å². The summed E-state index contributed by atoms with van der Waals surface area (Å²) in [5.74, 6) is -0.0199. The van der Waals surface area contributed by atoms with E-state index in [1.165, 1.54) is 0 Å². The van der Waals surface area contributed by atoms with Gasteiger partial charge in [0.25, 0.3) is 0 Å². The number of nitrogens with one attached hydrogen (secondary N) is 2. The number of hydrogen-bond donors (Lipinski definition) is 2. The minimum atomic E-state index is -0.279. The molecule has 1 aromatic carbocycles. The quantitative estimate of drug-likeness (QED) is 0.903. The summed E-state index contributed by atoms with van der Waals surface area (Å²) in [4.78, 5) is 16.3. The van der Waals surface area contributed by atoms with Crippen LogP contribution in [0.25, 0.3) is 11.1 Å². The number of carbonyl (C=O) groups is 1. The first-order valence-electron chi connectivity index (χ1n) is 7.86. The van der Waals surface area contributed by atoms with Gasteiger partial charge >= 0.3 is 0 Å². The Morgan fingerprint density at radius 1 is 1.30 bits per heavy atom. The zero-order chi connectivity index (χ0) is 16.1. The van der Waals surface area contributed by atoms with E-state index < -0.39 is 0 Å². The third-order valence-corrected chi connectivity index (χ3v) is 4.01. The number of nitrogens with zero attached hydrogens (tertiary/aromatic N) is 1. The molecule has 1 saturated heterocycles. The second-order valence-electron chi connectivity index (χ2n) is 5.66. The first-order valence-corrected chi connectivity index (χ1v) is 7.86. The maximum Gasteiger partial charge on any atom is 0.240 e. The molecule has 1 fully saturated rings. The molecular formula is C18H21N3O2. The lowest BCUT2D eigenvalue weighted by Crippen LogP contribution is -2.55. The van der Waals surface area contributed by atoms with Gasteiger partial charge in [-0.25, -0.2) is 0 Å². The topological polar surface area (TPSA) is 63.2 Å². The van der Waals surface area contributed by atoms with E-state index in [1.807, 2.05) is 49.5 Å². The highest BCUT2D eigenvalue weighted by molar-refractivity contribution is 5.82. The summed E-state index contributed by atoms with van der Waals surface area (Å²) in [6, 6.07) is 11.8. The van der Waals surface area contributed by atoms with E-state index in [1.54, 1.807) is 6.20 Å². The summed E-state index contributed by atoms with van der Waals surface area (Å²) in [5, 5.41) is 6.16. The summed E-state index contributed by atoms with van der Waals surface area (Å²) < 4.78 is 5.50. The molecule has 0 radical (unpaired) electrons. The first-order chi connectivity index (χ1) is 11.2. The summed E-state index contributed by atoms with van der Waals surface area (Å²) in [6.07, 6.45) is 3.50. The second kappa shape index (κ2) is 7.35. The van der Waals surface area contributed by atoms with Gasteiger partial charge in [0.2, 0.25) is 5.91 Å². The summed E-state index contributed by atoms with van der Waals surface area (Å²) in [5.41, 5.74) is 3.26. The molecule has 5 nitrogen and oxygen atoms in total. The largest absolute Gasteiger partial charge is 0.375 e. The summed E-state index contributed by atoms with van der Waals surface area (Å²) in [6.45, 7) is 3.79. The van der Waals surface area contributed by atoms with Gasteiger partial charge in [-0.05, 0) is 29.7 Å². The van der Waals surface area contributed by atoms with E-state index in [-0.39, 0.29) is 18.1 Å². The summed E-state index contributed by atoms with van der Waals surface area (Å²) >= 11 is 0. The molecule has 0 spiro atoms. The zero-order valence-corrected chi connectivity index (χ0v) is 13.2. The number of hydrogen-bond acceptors (Lipinski definition) is 4. The molecule has 0 unspecified atom stereocenters. The molecule has 1 amide bonds. The fourth-order valence-corrected chi connectivity index (χ4v) is 2.68. The smallest absolute Gasteiger partial charge is 0.240 e. The second-order valence-corrected chi connectivity index (χ2v) is 5.66. The number of ether oxygens (including phenoxy) is 1. The zero-order valence-electron chi connectivity index (χ0n) is 13.2. The standard InChI is InChI=1S/C18H21N3O2/c1-13-17(20-9-10-23-13)18(22)21-11-14-4-6-15(7-5-14)16-3-2-8-19-12-16/h2-8,12-13,17,20H,9-11H2,1H3,(H,21,22)/t13-,17+/m1/s1. The maximum atomic E-state index is 12.2. The van der Waals surface area contributed by atoms with Crippen LogP contribution in [-0.4, -0.2) is 36.2 Å². The van der Waals surface area contributed by atoms with Gasteiger partial charge in [0.1, 0.15) is 6.04 Å².